The van der Waals surface area contributed by atoms with Gasteiger partial charge in [-0.2, -0.15) is 0 Å². The lowest BCUT2D eigenvalue weighted by atomic mass is 10.2. The molecule has 8 nitrogen and oxygen atoms in total. The molecule has 0 spiro atoms. The van der Waals surface area contributed by atoms with Crippen LogP contribution in [0.15, 0.2) is 18.2 Å². The van der Waals surface area contributed by atoms with Crippen LogP contribution in [0.3, 0.4) is 0 Å². The van der Waals surface area contributed by atoms with Crippen molar-refractivity contribution in [2.45, 2.75) is 6.92 Å². The summed E-state index contributed by atoms with van der Waals surface area (Å²) in [5.41, 5.74) is -0.879. The van der Waals surface area contributed by atoms with Crippen molar-refractivity contribution in [2.75, 3.05) is 0 Å². The number of aromatic nitrogens is 2. The van der Waals surface area contributed by atoms with Crippen molar-refractivity contribution in [3.05, 3.63) is 23.8 Å². The van der Waals surface area contributed by atoms with Crippen LogP contribution in [0.25, 0.3) is 11.0 Å². The lowest BCUT2D eigenvalue weighted by Crippen LogP contribution is -2.31. The van der Waals surface area contributed by atoms with E-state index < -0.39 is 26.1 Å². The van der Waals surface area contributed by atoms with E-state index >= 15 is 0 Å². The smallest absolute Gasteiger partial charge is 0.320 e. The number of aryl methyl sites for hydroxylation is 1. The predicted molar refractivity (Wildman–Crippen MR) is 67.6 cm³/mol. The summed E-state index contributed by atoms with van der Waals surface area (Å²) < 4.78 is 22.5. The number of hydrogen-bond donors (Lipinski definition) is 4. The monoisotopic (exact) mass is 304 g/mol. The molecule has 0 unspecified atom stereocenters. The van der Waals surface area contributed by atoms with E-state index in [0.717, 1.165) is 5.56 Å². The number of benzene rings is 1. The van der Waals surface area contributed by atoms with Crippen molar-refractivity contribution in [3.63, 3.8) is 0 Å². The van der Waals surface area contributed by atoms with E-state index in [9.17, 15) is 9.13 Å². The lowest BCUT2D eigenvalue weighted by molar-refractivity contribution is 0.379. The number of hydrogen-bond acceptors (Lipinski definition) is 4. The molecule has 1 aromatic carbocycles. The summed E-state index contributed by atoms with van der Waals surface area (Å²) in [5, 5.41) is 0. The van der Waals surface area contributed by atoms with Crippen LogP contribution in [-0.4, -0.2) is 29.5 Å². The highest BCUT2D eigenvalue weighted by molar-refractivity contribution is 7.66. The molecular weight excluding hydrogens is 294 g/mol. The average molecular weight is 304 g/mol. The summed E-state index contributed by atoms with van der Waals surface area (Å²) in [5.74, 6) is 0. The van der Waals surface area contributed by atoms with Gasteiger partial charge in [-0.15, -0.1) is 0 Å². The van der Waals surface area contributed by atoms with E-state index in [2.05, 4.69) is 9.97 Å². The van der Waals surface area contributed by atoms with Gasteiger partial charge in [0.2, 0.25) is 0 Å². The van der Waals surface area contributed by atoms with Gasteiger partial charge < -0.3 is 19.6 Å². The summed E-state index contributed by atoms with van der Waals surface area (Å²) in [6, 6.07) is 4.64. The van der Waals surface area contributed by atoms with E-state index in [0.29, 0.717) is 0 Å². The van der Waals surface area contributed by atoms with Gasteiger partial charge in [0.15, 0.2) is 10.9 Å². The predicted octanol–water partition coefficient (Wildman–Crippen LogP) is -0.456. The molecule has 0 fully saturated rings. The molecule has 0 aliphatic rings. The van der Waals surface area contributed by atoms with E-state index in [1.807, 2.05) is 0 Å². The van der Waals surface area contributed by atoms with Crippen LogP contribution in [0, 0.1) is 6.92 Å². The van der Waals surface area contributed by atoms with Crippen molar-refractivity contribution in [2.24, 2.45) is 0 Å². The van der Waals surface area contributed by atoms with Gasteiger partial charge in [-0.05, 0) is 24.6 Å². The van der Waals surface area contributed by atoms with Gasteiger partial charge in [-0.3, -0.25) is 9.13 Å². The molecule has 2 aromatic rings. The molecule has 4 N–H and O–H groups in total. The van der Waals surface area contributed by atoms with Crippen molar-refractivity contribution < 1.29 is 28.7 Å². The first kappa shape index (κ1) is 14.3. The Morgan fingerprint density at radius 2 is 1.37 bits per heavy atom. The largest absolute Gasteiger partial charge is 0.377 e. The molecule has 0 radical (unpaired) electrons. The van der Waals surface area contributed by atoms with Crippen LogP contribution in [0.2, 0.25) is 0 Å². The van der Waals surface area contributed by atoms with Gasteiger partial charge in [0, 0.05) is 0 Å². The van der Waals surface area contributed by atoms with Gasteiger partial charge in [0.1, 0.15) is 0 Å². The first-order valence-electron chi connectivity index (χ1n) is 4.99. The molecule has 0 saturated carbocycles. The zero-order valence-corrected chi connectivity index (χ0v) is 11.4. The minimum Gasteiger partial charge on any atom is -0.320 e. The van der Waals surface area contributed by atoms with Crippen LogP contribution in [0.4, 0.5) is 0 Å². The highest BCUT2D eigenvalue weighted by Crippen LogP contribution is 2.39. The number of rotatable bonds is 2. The molecule has 0 aliphatic heterocycles. The fourth-order valence-electron chi connectivity index (χ4n) is 1.54. The Labute approximate surface area is 107 Å². The minimum absolute atomic E-state index is 0.154. The Kier molecular flexibility index (Phi) is 3.35. The molecule has 0 aliphatic carbocycles. The third-order valence-electron chi connectivity index (χ3n) is 2.34. The van der Waals surface area contributed by atoms with Crippen LogP contribution in [0.1, 0.15) is 5.56 Å². The van der Waals surface area contributed by atoms with Gasteiger partial charge in [-0.1, -0.05) is 6.07 Å². The summed E-state index contributed by atoms with van der Waals surface area (Å²) in [6.07, 6.45) is 0. The molecule has 0 atom stereocenters. The first-order chi connectivity index (χ1) is 8.59. The second kappa shape index (κ2) is 4.45. The second-order valence-electron chi connectivity index (χ2n) is 3.95. The number of nitrogens with zero attached hydrogens (tertiary/aromatic N) is 2. The fraction of sp³-hybridized carbons (Fsp3) is 0.111. The zero-order valence-electron chi connectivity index (χ0n) is 9.63. The Hall–Kier alpha value is -1.14. The summed E-state index contributed by atoms with van der Waals surface area (Å²) in [4.78, 5) is 43.8. The fourth-order valence-corrected chi connectivity index (χ4v) is 3.42. The second-order valence-corrected chi connectivity index (χ2v) is 6.97. The van der Waals surface area contributed by atoms with Crippen LogP contribution in [-0.2, 0) is 9.13 Å². The zero-order chi connectivity index (χ0) is 14.4. The van der Waals surface area contributed by atoms with Crippen molar-refractivity contribution in [1.82, 2.24) is 9.97 Å². The summed E-state index contributed by atoms with van der Waals surface area (Å²) in [7, 11) is -9.87. The molecule has 0 amide bonds. The highest BCUT2D eigenvalue weighted by atomic mass is 31.2. The van der Waals surface area contributed by atoms with Crippen LogP contribution in [0.5, 0.6) is 0 Å². The van der Waals surface area contributed by atoms with Gasteiger partial charge >= 0.3 is 15.2 Å². The van der Waals surface area contributed by atoms with Crippen LogP contribution < -0.4 is 10.9 Å². The molecule has 0 saturated heterocycles. The standard InChI is InChI=1S/C9H10N2O6P2/c1-5-2-3-6-7(4-5)11-9(19(15,16)17)8(10-6)18(12,13)14/h2-4H,1H3,(H2,12,13,14)(H2,15,16,17). The van der Waals surface area contributed by atoms with E-state index in [4.69, 9.17) is 19.6 Å². The van der Waals surface area contributed by atoms with Crippen molar-refractivity contribution in [3.8, 4) is 0 Å². The normalized spacial score (nSPS) is 12.9. The minimum atomic E-state index is -4.94. The maximum atomic E-state index is 11.3. The van der Waals surface area contributed by atoms with Gasteiger partial charge in [0.05, 0.1) is 11.0 Å². The molecule has 102 valence electrons. The van der Waals surface area contributed by atoms with Gasteiger partial charge in [-0.25, -0.2) is 9.97 Å². The Balaban J connectivity index is 2.90. The molecule has 2 rings (SSSR count). The Bertz CT molecular complexity index is 750. The maximum absolute atomic E-state index is 11.3. The van der Waals surface area contributed by atoms with E-state index in [-0.39, 0.29) is 11.0 Å². The van der Waals surface area contributed by atoms with E-state index in [1.165, 1.54) is 12.1 Å². The Morgan fingerprint density at radius 3 is 1.84 bits per heavy atom. The third kappa shape index (κ3) is 2.90. The molecule has 1 heterocycles. The summed E-state index contributed by atoms with van der Waals surface area (Å²) >= 11 is 0. The topological polar surface area (TPSA) is 141 Å². The lowest BCUT2D eigenvalue weighted by Gasteiger charge is -2.11. The summed E-state index contributed by atoms with van der Waals surface area (Å²) in [6.45, 7) is 1.75. The molecule has 0 bridgehead atoms. The van der Waals surface area contributed by atoms with Crippen molar-refractivity contribution in [1.29, 1.82) is 0 Å². The molecular formula is C9H10N2O6P2. The Morgan fingerprint density at radius 1 is 0.895 bits per heavy atom. The first-order valence-corrected chi connectivity index (χ1v) is 8.22. The molecule has 19 heavy (non-hydrogen) atoms. The molecule has 1 aromatic heterocycles. The molecule has 10 heteroatoms. The van der Waals surface area contributed by atoms with Crippen LogP contribution >= 0.6 is 15.2 Å². The number of fused-ring (bicyclic) bond motifs is 1. The SMILES string of the molecule is Cc1ccc2nc(P(=O)(O)O)c(P(=O)(O)O)nc2c1. The van der Waals surface area contributed by atoms with E-state index in [1.54, 1.807) is 13.0 Å². The average Bonchev–Trinajstić information content (AvgIpc) is 2.24. The highest BCUT2D eigenvalue weighted by Gasteiger charge is 2.34. The third-order valence-corrected chi connectivity index (χ3v) is 4.24. The quantitative estimate of drug-likeness (QED) is 0.546. The van der Waals surface area contributed by atoms with Gasteiger partial charge in [0.25, 0.3) is 0 Å². The maximum Gasteiger partial charge on any atom is 0.377 e. The van der Waals surface area contributed by atoms with Crippen molar-refractivity contribution >= 4 is 37.1 Å².